The van der Waals surface area contributed by atoms with Gasteiger partial charge in [-0.2, -0.15) is 0 Å². The Morgan fingerprint density at radius 3 is 2.63 bits per heavy atom. The van der Waals surface area contributed by atoms with E-state index in [1.54, 1.807) is 0 Å². The minimum absolute atomic E-state index is 0.0672. The van der Waals surface area contributed by atoms with Crippen LogP contribution in [0.1, 0.15) is 72.1 Å². The van der Waals surface area contributed by atoms with Gasteiger partial charge in [-0.1, -0.05) is 24.6 Å². The fraction of sp³-hybridized carbons (Fsp3) is 0.818. The number of carboxylic acid groups (broad SMARTS) is 1. The molecular formula is C22H33NO4. The molecule has 4 rings (SSSR count). The van der Waals surface area contributed by atoms with Gasteiger partial charge in [-0.25, -0.2) is 4.79 Å². The van der Waals surface area contributed by atoms with Gasteiger partial charge in [0.15, 0.2) is 0 Å². The number of rotatable bonds is 3. The Balaban J connectivity index is 1.56. The van der Waals surface area contributed by atoms with Crippen molar-refractivity contribution in [1.82, 2.24) is 0 Å². The Hall–Kier alpha value is -1.36. The zero-order chi connectivity index (χ0) is 19.4. The van der Waals surface area contributed by atoms with E-state index in [-0.39, 0.29) is 17.4 Å². The fourth-order valence-corrected chi connectivity index (χ4v) is 7.06. The van der Waals surface area contributed by atoms with Crippen molar-refractivity contribution in [1.29, 1.82) is 0 Å². The fourth-order valence-electron chi connectivity index (χ4n) is 7.06. The molecule has 0 saturated heterocycles. The Morgan fingerprint density at radius 2 is 1.89 bits per heavy atom. The van der Waals surface area contributed by atoms with Crippen molar-refractivity contribution < 1.29 is 19.8 Å². The summed E-state index contributed by atoms with van der Waals surface area (Å²) in [6.07, 6.45) is 10.8. The van der Waals surface area contributed by atoms with E-state index in [0.29, 0.717) is 17.8 Å². The second-order valence-corrected chi connectivity index (χ2v) is 10.0. The third kappa shape index (κ3) is 2.84. The van der Waals surface area contributed by atoms with Crippen LogP contribution in [0, 0.1) is 28.6 Å². The summed E-state index contributed by atoms with van der Waals surface area (Å²) in [5.74, 6) is 1.04. The van der Waals surface area contributed by atoms with Gasteiger partial charge in [-0.15, -0.1) is 0 Å². The minimum Gasteiger partial charge on any atom is -0.479 e. The van der Waals surface area contributed by atoms with Gasteiger partial charge in [0.2, 0.25) is 6.61 Å². The number of carbonyl (C=O) groups is 1. The molecule has 27 heavy (non-hydrogen) atoms. The summed E-state index contributed by atoms with van der Waals surface area (Å²) in [4.78, 5) is 15.6. The van der Waals surface area contributed by atoms with Crippen LogP contribution in [0.2, 0.25) is 0 Å². The number of aliphatic carboxylic acids is 1. The topological polar surface area (TPSA) is 79.1 Å². The highest BCUT2D eigenvalue weighted by Gasteiger charge is 2.62. The number of nitrogens with zero attached hydrogens (tertiary/aromatic N) is 1. The largest absolute Gasteiger partial charge is 0.479 e. The lowest BCUT2D eigenvalue weighted by Gasteiger charge is -2.59. The van der Waals surface area contributed by atoms with Gasteiger partial charge in [0.25, 0.3) is 0 Å². The Morgan fingerprint density at radius 1 is 1.15 bits per heavy atom. The van der Waals surface area contributed by atoms with Crippen LogP contribution in [0.3, 0.4) is 0 Å². The van der Waals surface area contributed by atoms with E-state index < -0.39 is 11.6 Å². The van der Waals surface area contributed by atoms with Gasteiger partial charge >= 0.3 is 5.97 Å². The summed E-state index contributed by atoms with van der Waals surface area (Å²) in [6.45, 7) is 6.44. The third-order valence-corrected chi connectivity index (χ3v) is 8.91. The third-order valence-electron chi connectivity index (χ3n) is 8.91. The molecule has 2 N–H and O–H groups in total. The van der Waals surface area contributed by atoms with Gasteiger partial charge in [0.1, 0.15) is 0 Å². The molecule has 0 aliphatic heterocycles. The van der Waals surface area contributed by atoms with Crippen LogP contribution in [0.15, 0.2) is 16.8 Å². The molecule has 0 radical (unpaired) electrons. The molecule has 4 aliphatic carbocycles. The first-order chi connectivity index (χ1) is 12.7. The molecule has 5 nitrogen and oxygen atoms in total. The van der Waals surface area contributed by atoms with Crippen LogP contribution in [0.25, 0.3) is 0 Å². The number of aliphatic hydroxyl groups is 1. The zero-order valence-electron chi connectivity index (χ0n) is 16.8. The molecule has 0 unspecified atom stereocenters. The Kier molecular flexibility index (Phi) is 4.45. The molecular weight excluding hydrogens is 342 g/mol. The highest BCUT2D eigenvalue weighted by Crippen LogP contribution is 2.67. The minimum atomic E-state index is -0.995. The van der Waals surface area contributed by atoms with Crippen LogP contribution in [-0.4, -0.2) is 34.1 Å². The van der Waals surface area contributed by atoms with Gasteiger partial charge in [-0.05, 0) is 93.0 Å². The summed E-state index contributed by atoms with van der Waals surface area (Å²) in [5, 5.41) is 23.8. The molecule has 0 bridgehead atoms. The zero-order valence-corrected chi connectivity index (χ0v) is 16.8. The second kappa shape index (κ2) is 6.33. The Labute approximate surface area is 161 Å². The van der Waals surface area contributed by atoms with Crippen molar-refractivity contribution in [2.45, 2.75) is 77.7 Å². The molecule has 3 saturated carbocycles. The lowest BCUT2D eigenvalue weighted by Crippen LogP contribution is -2.53. The predicted octanol–water partition coefficient (Wildman–Crippen LogP) is 4.16. The van der Waals surface area contributed by atoms with Crippen molar-refractivity contribution in [3.05, 3.63) is 11.6 Å². The number of hydrogen-bond donors (Lipinski definition) is 2. The SMILES string of the molecule is C[C@]12CC/C(=N/OCC(=O)O)C=C1CC[C@@H]1[C@@H]2CC[C@@]2(C)[C@H]1CC[C@]2(C)O. The maximum atomic E-state index is 11.0. The van der Waals surface area contributed by atoms with Gasteiger partial charge in [-0.3, -0.25) is 0 Å². The molecule has 0 aromatic heterocycles. The van der Waals surface area contributed by atoms with Crippen molar-refractivity contribution in [2.24, 2.45) is 33.7 Å². The van der Waals surface area contributed by atoms with E-state index >= 15 is 0 Å². The first kappa shape index (κ1) is 19.0. The van der Waals surface area contributed by atoms with Crippen molar-refractivity contribution in [3.8, 4) is 0 Å². The average molecular weight is 376 g/mol. The molecule has 6 atom stereocenters. The molecule has 0 aromatic rings. The van der Waals surface area contributed by atoms with E-state index in [2.05, 4.69) is 32.0 Å². The van der Waals surface area contributed by atoms with E-state index in [0.717, 1.165) is 44.2 Å². The van der Waals surface area contributed by atoms with Crippen LogP contribution >= 0.6 is 0 Å². The number of allylic oxidation sites excluding steroid dienone is 2. The highest BCUT2D eigenvalue weighted by atomic mass is 16.6. The summed E-state index contributed by atoms with van der Waals surface area (Å²) in [5.41, 5.74) is 2.11. The monoisotopic (exact) mass is 375 g/mol. The van der Waals surface area contributed by atoms with Gasteiger partial charge in [0, 0.05) is 0 Å². The molecule has 4 aliphatic rings. The van der Waals surface area contributed by atoms with Crippen molar-refractivity contribution >= 4 is 11.7 Å². The van der Waals surface area contributed by atoms with E-state index in [4.69, 9.17) is 9.94 Å². The normalized spacial score (nSPS) is 47.6. The summed E-state index contributed by atoms with van der Waals surface area (Å²) in [6, 6.07) is 0. The highest BCUT2D eigenvalue weighted by molar-refractivity contribution is 5.96. The number of carboxylic acids is 1. The summed E-state index contributed by atoms with van der Waals surface area (Å²) >= 11 is 0. The molecule has 0 aromatic carbocycles. The smallest absolute Gasteiger partial charge is 0.344 e. The van der Waals surface area contributed by atoms with E-state index in [9.17, 15) is 9.90 Å². The molecule has 0 spiro atoms. The van der Waals surface area contributed by atoms with Crippen LogP contribution in [0.4, 0.5) is 0 Å². The van der Waals surface area contributed by atoms with Crippen LogP contribution < -0.4 is 0 Å². The predicted molar refractivity (Wildman–Crippen MR) is 103 cm³/mol. The van der Waals surface area contributed by atoms with Gasteiger partial charge in [0.05, 0.1) is 11.3 Å². The van der Waals surface area contributed by atoms with Crippen molar-refractivity contribution in [2.75, 3.05) is 6.61 Å². The molecule has 0 amide bonds. The molecule has 3 fully saturated rings. The van der Waals surface area contributed by atoms with Crippen LogP contribution in [0.5, 0.6) is 0 Å². The summed E-state index contributed by atoms with van der Waals surface area (Å²) in [7, 11) is 0. The lowest BCUT2D eigenvalue weighted by molar-refractivity contribution is -0.142. The van der Waals surface area contributed by atoms with Crippen molar-refractivity contribution in [3.63, 3.8) is 0 Å². The van der Waals surface area contributed by atoms with Gasteiger partial charge < -0.3 is 15.1 Å². The summed E-state index contributed by atoms with van der Waals surface area (Å²) < 4.78 is 0. The standard InChI is InChI=1S/C22H33NO4/c1-20-9-6-15(23-27-13-19(24)25)12-14(20)4-5-16-17(20)7-10-21(2)18(16)8-11-22(21,3)26/h12,16-18,26H,4-11,13H2,1-3H3,(H,24,25)/b23-15-/t16-,17+,18+,20+,21+,22+/m1/s1. The van der Waals surface area contributed by atoms with E-state index in [1.807, 2.05) is 0 Å². The maximum absolute atomic E-state index is 11.0. The first-order valence-electron chi connectivity index (χ1n) is 10.5. The Bertz CT molecular complexity index is 696. The number of hydrogen-bond acceptors (Lipinski definition) is 4. The lowest BCUT2D eigenvalue weighted by atomic mass is 9.46. The molecule has 5 heteroatoms. The molecule has 0 heterocycles. The average Bonchev–Trinajstić information content (AvgIpc) is 2.84. The maximum Gasteiger partial charge on any atom is 0.344 e. The number of fused-ring (bicyclic) bond motifs is 5. The van der Waals surface area contributed by atoms with Crippen LogP contribution in [-0.2, 0) is 9.63 Å². The molecule has 150 valence electrons. The second-order valence-electron chi connectivity index (χ2n) is 10.0. The first-order valence-corrected chi connectivity index (χ1v) is 10.5. The quantitative estimate of drug-likeness (QED) is 0.726. The van der Waals surface area contributed by atoms with E-state index in [1.165, 1.54) is 18.4 Å². The number of oxime groups is 1.